The van der Waals surface area contributed by atoms with E-state index in [1.54, 1.807) is 62.4 Å². The van der Waals surface area contributed by atoms with Gasteiger partial charge in [-0.25, -0.2) is 30.9 Å². The third-order valence-corrected chi connectivity index (χ3v) is 10.8. The van der Waals surface area contributed by atoms with E-state index in [4.69, 9.17) is 41.1 Å². The van der Waals surface area contributed by atoms with Crippen LogP contribution >= 0.6 is 15.9 Å². The van der Waals surface area contributed by atoms with Gasteiger partial charge in [-0.2, -0.15) is 19.2 Å². The predicted octanol–water partition coefficient (Wildman–Crippen LogP) is 8.86. The number of carbonyl (C=O) groups excluding carboxylic acids is 12. The van der Waals surface area contributed by atoms with Crippen LogP contribution in [0.4, 0.5) is 0 Å². The number of Topliss-reactive ketones (excluding diaryl/α,β-unsaturated/α-hetero) is 4. The highest BCUT2D eigenvalue weighted by molar-refractivity contribution is 9.10. The molecule has 2 amide bonds. The number of ketones is 4. The van der Waals surface area contributed by atoms with Crippen molar-refractivity contribution in [2.75, 3.05) is 14.2 Å². The van der Waals surface area contributed by atoms with Crippen molar-refractivity contribution in [3.63, 3.8) is 0 Å². The molecule has 22 nitrogen and oxygen atoms in total. The van der Waals surface area contributed by atoms with Gasteiger partial charge >= 0.3 is 36.2 Å². The monoisotopic (exact) mass is 1220 g/mol. The summed E-state index contributed by atoms with van der Waals surface area (Å²) in [5, 5.41) is 17.4. The number of esters is 2. The summed E-state index contributed by atoms with van der Waals surface area (Å²) >= 11 is 3.30. The van der Waals surface area contributed by atoms with Gasteiger partial charge in [0.25, 0.3) is 11.8 Å². The number of hydrazine groups is 2. The first-order valence-corrected chi connectivity index (χ1v) is 25.0. The second kappa shape index (κ2) is 39.4. The molecule has 6 rings (SSSR count). The van der Waals surface area contributed by atoms with E-state index in [1.807, 2.05) is 69.7 Å². The normalized spacial score (nSPS) is 9.14. The number of carboxylic acid groups (broad SMARTS) is 2. The van der Waals surface area contributed by atoms with Crippen molar-refractivity contribution >= 4 is 87.1 Å². The number of aryl methyl sites for hydroxylation is 7. The second-order valence-electron chi connectivity index (χ2n) is 17.7. The largest absolute Gasteiger partial charge is 0.478 e. The van der Waals surface area contributed by atoms with Gasteiger partial charge in [0, 0.05) is 37.9 Å². The van der Waals surface area contributed by atoms with Crippen molar-refractivity contribution in [1.29, 1.82) is 0 Å². The Morgan fingerprint density at radius 1 is 0.357 bits per heavy atom. The molecule has 23 heteroatoms. The lowest BCUT2D eigenvalue weighted by atomic mass is 10.0. The molecule has 6 aromatic rings. The van der Waals surface area contributed by atoms with Crippen LogP contribution in [0.25, 0.3) is 0 Å². The van der Waals surface area contributed by atoms with Crippen molar-refractivity contribution in [2.45, 2.75) is 76.2 Å². The van der Waals surface area contributed by atoms with Crippen LogP contribution in [-0.2, 0) is 28.7 Å². The number of aromatic carboxylic acids is 2. The Morgan fingerprint density at radius 3 is 0.786 bits per heavy atom. The van der Waals surface area contributed by atoms with Gasteiger partial charge in [0.2, 0.25) is 0 Å². The molecule has 0 aromatic heterocycles. The third kappa shape index (κ3) is 30.0. The Kier molecular flexibility index (Phi) is 35.7. The van der Waals surface area contributed by atoms with Gasteiger partial charge < -0.3 is 19.7 Å². The van der Waals surface area contributed by atoms with Crippen molar-refractivity contribution in [2.24, 2.45) is 11.7 Å². The molecule has 0 bridgehead atoms. The lowest BCUT2D eigenvalue weighted by molar-refractivity contribution is -0.193. The van der Waals surface area contributed by atoms with Gasteiger partial charge in [-0.3, -0.25) is 39.6 Å². The van der Waals surface area contributed by atoms with E-state index in [1.165, 1.54) is 78.3 Å². The van der Waals surface area contributed by atoms with Gasteiger partial charge in [-0.1, -0.05) is 33.1 Å². The Labute approximate surface area is 493 Å². The minimum atomic E-state index is -1.01. The summed E-state index contributed by atoms with van der Waals surface area (Å²) in [6, 6.07) is 30.2. The summed E-state index contributed by atoms with van der Waals surface area (Å²) in [4.78, 5) is 142. The molecule has 0 atom stereocenters. The van der Waals surface area contributed by atoms with Gasteiger partial charge in [-0.15, -0.1) is 0 Å². The maximum absolute atomic E-state index is 11.2. The van der Waals surface area contributed by atoms with Crippen LogP contribution in [0, 0.1) is 48.5 Å². The highest BCUT2D eigenvalue weighted by Crippen LogP contribution is 2.17. The molecule has 0 fully saturated rings. The van der Waals surface area contributed by atoms with Crippen molar-refractivity contribution in [3.8, 4) is 0 Å². The fourth-order valence-corrected chi connectivity index (χ4v) is 7.41. The number of hydrogen-bond acceptors (Lipinski definition) is 18. The molecule has 8 N–H and O–H groups in total. The fourth-order valence-electron chi connectivity index (χ4n) is 6.80. The number of nitrogens with one attached hydrogen (secondary N) is 2. The number of halogens is 1. The first-order chi connectivity index (χ1) is 39.2. The van der Waals surface area contributed by atoms with Crippen LogP contribution in [0.3, 0.4) is 0 Å². The maximum atomic E-state index is 11.2. The molecule has 0 aliphatic rings. The smallest absolute Gasteiger partial charge is 0.373 e. The molecule has 0 radical (unpaired) electrons. The number of ether oxygens (including phenoxy) is 2. The molecule has 0 spiro atoms. The molecule has 0 heterocycles. The lowest BCUT2D eigenvalue weighted by Crippen LogP contribution is -2.30. The molecular formula is C61H65BrN4O18. The van der Waals surface area contributed by atoms with E-state index < -0.39 is 23.8 Å². The van der Waals surface area contributed by atoms with E-state index in [-0.39, 0.29) is 58.5 Å². The number of carbonyl (C=O) groups is 10. The fraction of sp³-hybridized carbons (Fsp3) is 0.213. The summed E-state index contributed by atoms with van der Waals surface area (Å²) in [5.74, 6) is 6.23. The third-order valence-electron chi connectivity index (χ3n) is 10.3. The first-order valence-electron chi connectivity index (χ1n) is 24.2. The number of nitrogens with two attached hydrogens (primary N) is 2. The van der Waals surface area contributed by atoms with Crippen molar-refractivity contribution in [3.05, 3.63) is 208 Å². The zero-order chi connectivity index (χ0) is 65.1. The summed E-state index contributed by atoms with van der Waals surface area (Å²) < 4.78 is 10.1. The van der Waals surface area contributed by atoms with Crippen LogP contribution in [-0.4, -0.2) is 95.6 Å². The van der Waals surface area contributed by atoms with Crippen LogP contribution in [0.1, 0.15) is 170 Å². The Bertz CT molecular complexity index is 3100. The molecular weight excluding hydrogens is 1160 g/mol. The van der Waals surface area contributed by atoms with Crippen molar-refractivity contribution < 1.29 is 86.8 Å². The average Bonchev–Trinajstić information content (AvgIpc) is 3.42. The van der Waals surface area contributed by atoms with Gasteiger partial charge in [-0.05, 0) is 207 Å². The number of methoxy groups -OCH3 is 2. The molecule has 444 valence electrons. The minimum Gasteiger partial charge on any atom is -0.478 e. The second-order valence-corrected chi connectivity index (χ2v) is 18.6. The first kappa shape index (κ1) is 76.0. The standard InChI is InChI=1S/2C10H12N2O2.2C10H10O3.C10H12O2.C9H9BrO2.2CO2/c2*1-6-3-8(7(2)13)5-9(4-6)10(14)12-11;2*1-6-3-8(7(2)11)5-9(4-6)10(12)13;1-7-4-8(2)6-9(5-7)10(11)12-3;1-6-3-7(9(11)12-2)5-8(10)4-6;2*2-1-3/h2*3-5H,11H2,1-2H3,(H,12,14);2*3-5H,1-2H3,(H,12,13);4-6H,1-3H3;3-5H,1-2H3;;. The number of amides is 2. The van der Waals surface area contributed by atoms with Crippen LogP contribution in [0.2, 0.25) is 0 Å². The van der Waals surface area contributed by atoms with E-state index in [2.05, 4.69) is 25.4 Å². The van der Waals surface area contributed by atoms with Gasteiger partial charge in [0.15, 0.2) is 23.1 Å². The quantitative estimate of drug-likeness (QED) is 0.0245. The molecule has 0 aliphatic carbocycles. The van der Waals surface area contributed by atoms with E-state index in [0.29, 0.717) is 44.5 Å². The number of carboxylic acids is 2. The summed E-state index contributed by atoms with van der Waals surface area (Å²) in [6.07, 6.45) is 0.500. The van der Waals surface area contributed by atoms with Gasteiger partial charge in [0.05, 0.1) is 36.5 Å². The average molecular weight is 1220 g/mol. The van der Waals surface area contributed by atoms with E-state index in [0.717, 1.165) is 43.4 Å². The number of benzene rings is 6. The molecule has 0 saturated carbocycles. The molecule has 6 aromatic carbocycles. The number of nitrogen functional groups attached to an aromatic ring is 2. The van der Waals surface area contributed by atoms with E-state index in [9.17, 15) is 47.9 Å². The zero-order valence-electron chi connectivity index (χ0n) is 48.4. The molecule has 84 heavy (non-hydrogen) atoms. The van der Waals surface area contributed by atoms with Crippen LogP contribution in [0.15, 0.2) is 114 Å². The van der Waals surface area contributed by atoms with Gasteiger partial charge in [0.1, 0.15) is 0 Å². The Morgan fingerprint density at radius 2 is 0.560 bits per heavy atom. The number of rotatable bonds is 10. The summed E-state index contributed by atoms with van der Waals surface area (Å²) in [5.41, 5.74) is 14.7. The Hall–Kier alpha value is -10.0. The maximum Gasteiger partial charge on any atom is 0.373 e. The van der Waals surface area contributed by atoms with E-state index >= 15 is 0 Å². The minimum absolute atomic E-state index is 0.0697. The zero-order valence-corrected chi connectivity index (χ0v) is 49.9. The SMILES string of the molecule is CC(=O)c1cc(C)cc(C(=O)NN)c1.CC(=O)c1cc(C)cc(C(=O)NN)c1.CC(=O)c1cc(C)cc(C(=O)O)c1.CC(=O)c1cc(C)cc(C(=O)O)c1.COC(=O)c1cc(C)cc(Br)c1.COC(=O)c1cc(C)cc(C)c1.O=C=O.O=C=O. The summed E-state index contributed by atoms with van der Waals surface area (Å²) in [6.45, 7) is 18.8. The molecule has 0 unspecified atom stereocenters. The Balaban J connectivity index is 0. The highest BCUT2D eigenvalue weighted by Gasteiger charge is 2.12. The van der Waals surface area contributed by atoms with Crippen LogP contribution in [0.5, 0.6) is 0 Å². The number of hydrogen-bond donors (Lipinski definition) is 6. The molecule has 0 aliphatic heterocycles. The lowest BCUT2D eigenvalue weighted by Gasteiger charge is -2.03. The van der Waals surface area contributed by atoms with Crippen LogP contribution < -0.4 is 22.5 Å². The predicted molar refractivity (Wildman–Crippen MR) is 309 cm³/mol. The molecule has 0 saturated heterocycles. The summed E-state index contributed by atoms with van der Waals surface area (Å²) in [7, 11) is 2.76. The highest BCUT2D eigenvalue weighted by atomic mass is 79.9. The van der Waals surface area contributed by atoms with Crippen molar-refractivity contribution in [1.82, 2.24) is 10.9 Å². The topological polar surface area (TPSA) is 374 Å².